The molecule has 18 heavy (non-hydrogen) atoms. The molecule has 3 atom stereocenters. The van der Waals surface area contributed by atoms with Crippen LogP contribution in [0.15, 0.2) is 22.8 Å². The number of aliphatic carboxylic acids is 1. The van der Waals surface area contributed by atoms with Gasteiger partial charge in [-0.15, -0.1) is 0 Å². The van der Waals surface area contributed by atoms with Crippen LogP contribution < -0.4 is 5.32 Å². The molecule has 2 rings (SSSR count). The van der Waals surface area contributed by atoms with Gasteiger partial charge in [0.15, 0.2) is 0 Å². The number of carboxylic acid groups (broad SMARTS) is 1. The molecule has 0 spiro atoms. The molecule has 1 saturated carbocycles. The summed E-state index contributed by atoms with van der Waals surface area (Å²) < 4.78 is 5.40. The van der Waals surface area contributed by atoms with Crippen LogP contribution in [0.4, 0.5) is 0 Å². The second-order valence-electron chi connectivity index (χ2n) is 5.02. The van der Waals surface area contributed by atoms with Gasteiger partial charge in [-0.05, 0) is 43.9 Å². The van der Waals surface area contributed by atoms with Crippen LogP contribution in [0.2, 0.25) is 0 Å². The van der Waals surface area contributed by atoms with Gasteiger partial charge in [-0.25, -0.2) is 0 Å². The zero-order chi connectivity index (χ0) is 13.0. The van der Waals surface area contributed by atoms with E-state index in [2.05, 4.69) is 12.2 Å². The topological polar surface area (TPSA) is 62.5 Å². The molecular weight excluding hydrogens is 230 g/mol. The summed E-state index contributed by atoms with van der Waals surface area (Å²) in [5, 5.41) is 12.6. The first-order chi connectivity index (χ1) is 8.72. The molecule has 0 radical (unpaired) electrons. The zero-order valence-corrected chi connectivity index (χ0v) is 10.8. The minimum absolute atomic E-state index is 0.174. The van der Waals surface area contributed by atoms with Crippen molar-refractivity contribution in [2.75, 3.05) is 6.54 Å². The van der Waals surface area contributed by atoms with E-state index in [1.165, 1.54) is 0 Å². The van der Waals surface area contributed by atoms with Gasteiger partial charge in [-0.3, -0.25) is 4.79 Å². The van der Waals surface area contributed by atoms with Crippen LogP contribution in [-0.2, 0) is 4.79 Å². The molecule has 0 bridgehead atoms. The van der Waals surface area contributed by atoms with Crippen LogP contribution in [0.1, 0.15) is 44.4 Å². The van der Waals surface area contributed by atoms with Gasteiger partial charge in [0.25, 0.3) is 0 Å². The SMILES string of the molecule is CCC(NCC1CCCC1C(=O)O)c1ccco1. The summed E-state index contributed by atoms with van der Waals surface area (Å²) in [5.41, 5.74) is 0. The highest BCUT2D eigenvalue weighted by Crippen LogP contribution is 2.32. The third-order valence-corrected chi connectivity index (χ3v) is 3.90. The van der Waals surface area contributed by atoms with Crippen molar-refractivity contribution >= 4 is 5.97 Å². The Morgan fingerprint density at radius 1 is 1.61 bits per heavy atom. The van der Waals surface area contributed by atoms with Gasteiger partial charge >= 0.3 is 5.97 Å². The first kappa shape index (κ1) is 13.1. The maximum atomic E-state index is 11.1. The lowest BCUT2D eigenvalue weighted by Crippen LogP contribution is -2.31. The van der Waals surface area contributed by atoms with Crippen molar-refractivity contribution in [2.24, 2.45) is 11.8 Å². The van der Waals surface area contributed by atoms with E-state index in [9.17, 15) is 4.79 Å². The summed E-state index contributed by atoms with van der Waals surface area (Å²) in [7, 11) is 0. The Hall–Kier alpha value is -1.29. The highest BCUT2D eigenvalue weighted by Gasteiger charge is 2.32. The molecule has 0 aliphatic heterocycles. The van der Waals surface area contributed by atoms with E-state index >= 15 is 0 Å². The van der Waals surface area contributed by atoms with Gasteiger partial charge in [0.05, 0.1) is 18.2 Å². The highest BCUT2D eigenvalue weighted by molar-refractivity contribution is 5.70. The first-order valence-electron chi connectivity index (χ1n) is 6.72. The second-order valence-corrected chi connectivity index (χ2v) is 5.02. The molecule has 1 fully saturated rings. The number of furan rings is 1. The fraction of sp³-hybridized carbons (Fsp3) is 0.643. The molecule has 100 valence electrons. The van der Waals surface area contributed by atoms with Crippen molar-refractivity contribution < 1.29 is 14.3 Å². The molecule has 1 aromatic heterocycles. The van der Waals surface area contributed by atoms with Gasteiger partial charge < -0.3 is 14.8 Å². The number of rotatable bonds is 6. The average molecular weight is 251 g/mol. The minimum Gasteiger partial charge on any atom is -0.481 e. The molecule has 0 amide bonds. The fourth-order valence-electron chi connectivity index (χ4n) is 2.84. The van der Waals surface area contributed by atoms with Crippen LogP contribution in [0, 0.1) is 11.8 Å². The molecule has 4 heteroatoms. The van der Waals surface area contributed by atoms with E-state index in [1.807, 2.05) is 12.1 Å². The molecule has 1 aliphatic carbocycles. The Labute approximate surface area is 107 Å². The summed E-state index contributed by atoms with van der Waals surface area (Å²) >= 11 is 0. The molecular formula is C14H21NO3. The van der Waals surface area contributed by atoms with Gasteiger partial charge in [0.1, 0.15) is 5.76 Å². The Bertz CT molecular complexity index is 374. The second kappa shape index (κ2) is 6.05. The molecule has 4 nitrogen and oxygen atoms in total. The zero-order valence-electron chi connectivity index (χ0n) is 10.8. The largest absolute Gasteiger partial charge is 0.481 e. The van der Waals surface area contributed by atoms with Crippen LogP contribution in [0.3, 0.4) is 0 Å². The summed E-state index contributed by atoms with van der Waals surface area (Å²) in [6.07, 6.45) is 5.48. The molecule has 3 unspecified atom stereocenters. The number of carbonyl (C=O) groups is 1. The van der Waals surface area contributed by atoms with Gasteiger partial charge in [0.2, 0.25) is 0 Å². The van der Waals surface area contributed by atoms with Crippen LogP contribution in [-0.4, -0.2) is 17.6 Å². The minimum atomic E-state index is -0.648. The maximum Gasteiger partial charge on any atom is 0.306 e. The van der Waals surface area contributed by atoms with Gasteiger partial charge in [0, 0.05) is 0 Å². The molecule has 0 saturated heterocycles. The number of hydrogen-bond acceptors (Lipinski definition) is 3. The Morgan fingerprint density at radius 3 is 3.06 bits per heavy atom. The maximum absolute atomic E-state index is 11.1. The van der Waals surface area contributed by atoms with E-state index in [-0.39, 0.29) is 17.9 Å². The van der Waals surface area contributed by atoms with E-state index < -0.39 is 5.97 Å². The third kappa shape index (κ3) is 2.93. The van der Waals surface area contributed by atoms with Gasteiger partial charge in [-0.2, -0.15) is 0 Å². The van der Waals surface area contributed by atoms with Crippen LogP contribution in [0.5, 0.6) is 0 Å². The van der Waals surface area contributed by atoms with Crippen molar-refractivity contribution in [3.63, 3.8) is 0 Å². The Kier molecular flexibility index (Phi) is 4.42. The summed E-state index contributed by atoms with van der Waals surface area (Å²) in [6, 6.07) is 4.04. The molecule has 0 aromatic carbocycles. The summed E-state index contributed by atoms with van der Waals surface area (Å²) in [4.78, 5) is 11.1. The predicted octanol–water partition coefficient (Wildman–Crippen LogP) is 2.82. The highest BCUT2D eigenvalue weighted by atomic mass is 16.4. The summed E-state index contributed by atoms with van der Waals surface area (Å²) in [5.74, 6) is 0.367. The average Bonchev–Trinajstić information content (AvgIpc) is 2.99. The van der Waals surface area contributed by atoms with Crippen molar-refractivity contribution in [2.45, 2.75) is 38.6 Å². The lowest BCUT2D eigenvalue weighted by molar-refractivity contribution is -0.142. The summed E-state index contributed by atoms with van der Waals surface area (Å²) in [6.45, 7) is 2.86. The van der Waals surface area contributed by atoms with Crippen LogP contribution >= 0.6 is 0 Å². The predicted molar refractivity (Wildman–Crippen MR) is 68.2 cm³/mol. The van der Waals surface area contributed by atoms with E-state index in [0.717, 1.165) is 38.0 Å². The van der Waals surface area contributed by atoms with Crippen molar-refractivity contribution in [1.82, 2.24) is 5.32 Å². The molecule has 1 heterocycles. The lowest BCUT2D eigenvalue weighted by Gasteiger charge is -2.20. The third-order valence-electron chi connectivity index (χ3n) is 3.90. The number of hydrogen-bond donors (Lipinski definition) is 2. The smallest absolute Gasteiger partial charge is 0.306 e. The standard InChI is InChI=1S/C14H21NO3/c1-2-12(13-7-4-8-18-13)15-9-10-5-3-6-11(10)14(16)17/h4,7-8,10-12,15H,2-3,5-6,9H2,1H3,(H,16,17). The normalized spacial score (nSPS) is 25.2. The monoisotopic (exact) mass is 251 g/mol. The fourth-order valence-corrected chi connectivity index (χ4v) is 2.84. The Balaban J connectivity index is 1.88. The lowest BCUT2D eigenvalue weighted by atomic mass is 9.95. The number of carboxylic acids is 1. The molecule has 1 aromatic rings. The van der Waals surface area contributed by atoms with Crippen molar-refractivity contribution in [3.05, 3.63) is 24.2 Å². The first-order valence-corrected chi connectivity index (χ1v) is 6.72. The van der Waals surface area contributed by atoms with Crippen LogP contribution in [0.25, 0.3) is 0 Å². The quantitative estimate of drug-likeness (QED) is 0.816. The van der Waals surface area contributed by atoms with Crippen molar-refractivity contribution in [1.29, 1.82) is 0 Å². The Morgan fingerprint density at radius 2 is 2.44 bits per heavy atom. The number of nitrogens with one attached hydrogen (secondary N) is 1. The van der Waals surface area contributed by atoms with E-state index in [0.29, 0.717) is 0 Å². The van der Waals surface area contributed by atoms with E-state index in [4.69, 9.17) is 9.52 Å². The molecule has 1 aliphatic rings. The molecule has 2 N–H and O–H groups in total. The van der Waals surface area contributed by atoms with Gasteiger partial charge in [-0.1, -0.05) is 13.3 Å². The van der Waals surface area contributed by atoms with E-state index in [1.54, 1.807) is 6.26 Å². The van der Waals surface area contributed by atoms with Crippen molar-refractivity contribution in [3.8, 4) is 0 Å².